The third-order valence-corrected chi connectivity index (χ3v) is 3.93. The molecule has 3 aromatic rings. The molecule has 0 bridgehead atoms. The molecule has 0 radical (unpaired) electrons. The average molecular weight is 350 g/mol. The Balaban J connectivity index is 2.26. The molecule has 0 unspecified atom stereocenters. The first-order valence-electron chi connectivity index (χ1n) is 6.95. The molecule has 0 aliphatic heterocycles. The summed E-state index contributed by atoms with van der Waals surface area (Å²) in [5.41, 5.74) is 2.71. The van der Waals surface area contributed by atoms with Crippen molar-refractivity contribution >= 4 is 34.8 Å². The molecular formula is C16H13Cl2N3O2. The summed E-state index contributed by atoms with van der Waals surface area (Å²) in [6.45, 7) is 3.85. The van der Waals surface area contributed by atoms with E-state index in [0.717, 1.165) is 5.56 Å². The predicted molar refractivity (Wildman–Crippen MR) is 89.5 cm³/mol. The van der Waals surface area contributed by atoms with Gasteiger partial charge in [-0.05, 0) is 24.1 Å². The van der Waals surface area contributed by atoms with Gasteiger partial charge in [-0.3, -0.25) is 0 Å². The second-order valence-electron chi connectivity index (χ2n) is 5.48. The Morgan fingerprint density at radius 3 is 2.43 bits per heavy atom. The largest absolute Gasteiger partial charge is 0.478 e. The van der Waals surface area contributed by atoms with Crippen molar-refractivity contribution in [1.82, 2.24) is 14.6 Å². The third kappa shape index (κ3) is 2.90. The highest BCUT2D eigenvalue weighted by Crippen LogP contribution is 2.29. The molecule has 0 saturated carbocycles. The van der Waals surface area contributed by atoms with Crippen LogP contribution in [0.2, 0.25) is 10.0 Å². The number of imidazole rings is 1. The van der Waals surface area contributed by atoms with Crippen LogP contribution >= 0.6 is 23.2 Å². The number of hydrogen-bond donors (Lipinski definition) is 1. The fourth-order valence-corrected chi connectivity index (χ4v) is 3.06. The van der Waals surface area contributed by atoms with E-state index in [1.807, 2.05) is 13.8 Å². The Morgan fingerprint density at radius 1 is 1.22 bits per heavy atom. The van der Waals surface area contributed by atoms with Gasteiger partial charge in [-0.2, -0.15) is 5.10 Å². The minimum Gasteiger partial charge on any atom is -0.478 e. The Labute approximate surface area is 142 Å². The lowest BCUT2D eigenvalue weighted by molar-refractivity contribution is 0.0694. The van der Waals surface area contributed by atoms with Gasteiger partial charge in [0.15, 0.2) is 5.65 Å². The number of hydrogen-bond acceptors (Lipinski definition) is 3. The molecule has 0 atom stereocenters. The van der Waals surface area contributed by atoms with E-state index in [2.05, 4.69) is 10.1 Å². The van der Waals surface area contributed by atoms with Crippen molar-refractivity contribution in [1.29, 1.82) is 0 Å². The molecule has 23 heavy (non-hydrogen) atoms. The number of rotatable bonds is 3. The highest BCUT2D eigenvalue weighted by atomic mass is 35.5. The number of fused-ring (bicyclic) bond motifs is 1. The molecule has 1 aromatic carbocycles. The Morgan fingerprint density at radius 2 is 1.87 bits per heavy atom. The molecule has 0 fully saturated rings. The molecule has 5 nitrogen and oxygen atoms in total. The maximum atomic E-state index is 11.4. The van der Waals surface area contributed by atoms with E-state index in [9.17, 15) is 9.90 Å². The molecule has 0 aliphatic carbocycles. The van der Waals surface area contributed by atoms with Crippen LogP contribution in [-0.2, 0) is 0 Å². The normalized spacial score (nSPS) is 11.3. The Hall–Kier alpha value is -2.11. The molecule has 2 heterocycles. The number of carbonyl (C=O) groups is 1. The van der Waals surface area contributed by atoms with Gasteiger partial charge in [0.05, 0.1) is 23.7 Å². The van der Waals surface area contributed by atoms with Crippen LogP contribution in [0.5, 0.6) is 0 Å². The van der Waals surface area contributed by atoms with Crippen molar-refractivity contribution < 1.29 is 9.90 Å². The maximum Gasteiger partial charge on any atom is 0.337 e. The second-order valence-corrected chi connectivity index (χ2v) is 6.36. The lowest BCUT2D eigenvalue weighted by atomic mass is 10.00. The molecule has 7 heteroatoms. The summed E-state index contributed by atoms with van der Waals surface area (Å²) in [6.07, 6.45) is 3.08. The Kier molecular flexibility index (Phi) is 4.00. The van der Waals surface area contributed by atoms with Gasteiger partial charge in [-0.1, -0.05) is 37.0 Å². The fourth-order valence-electron chi connectivity index (χ4n) is 2.53. The number of benzene rings is 1. The van der Waals surface area contributed by atoms with Crippen molar-refractivity contribution in [2.75, 3.05) is 0 Å². The molecule has 0 spiro atoms. The van der Waals surface area contributed by atoms with Crippen LogP contribution < -0.4 is 0 Å². The van der Waals surface area contributed by atoms with Crippen LogP contribution in [0.1, 0.15) is 35.7 Å². The molecule has 0 aliphatic rings. The van der Waals surface area contributed by atoms with Crippen molar-refractivity contribution in [3.05, 3.63) is 51.8 Å². The topological polar surface area (TPSA) is 67.5 Å². The van der Waals surface area contributed by atoms with Crippen molar-refractivity contribution in [2.24, 2.45) is 0 Å². The van der Waals surface area contributed by atoms with Gasteiger partial charge in [-0.15, -0.1) is 0 Å². The molecule has 0 saturated heterocycles. The zero-order valence-electron chi connectivity index (χ0n) is 12.4. The smallest absolute Gasteiger partial charge is 0.337 e. The van der Waals surface area contributed by atoms with Crippen molar-refractivity contribution in [2.45, 2.75) is 19.8 Å². The molecule has 118 valence electrons. The van der Waals surface area contributed by atoms with E-state index < -0.39 is 5.97 Å². The first-order valence-corrected chi connectivity index (χ1v) is 7.70. The summed E-state index contributed by atoms with van der Waals surface area (Å²) in [5.74, 6) is -1.02. The monoisotopic (exact) mass is 349 g/mol. The van der Waals surface area contributed by atoms with E-state index in [1.165, 1.54) is 6.20 Å². The lowest BCUT2D eigenvalue weighted by Gasteiger charge is -2.09. The Bertz CT molecular complexity index is 899. The van der Waals surface area contributed by atoms with Crippen LogP contribution in [0.4, 0.5) is 0 Å². The summed E-state index contributed by atoms with van der Waals surface area (Å²) in [6, 6.07) is 5.15. The molecule has 3 rings (SSSR count). The second kappa shape index (κ2) is 5.83. The van der Waals surface area contributed by atoms with Gasteiger partial charge in [0.25, 0.3) is 0 Å². The summed E-state index contributed by atoms with van der Waals surface area (Å²) in [7, 11) is 0. The third-order valence-electron chi connectivity index (χ3n) is 3.50. The quantitative estimate of drug-likeness (QED) is 0.754. The first kappa shape index (κ1) is 15.8. The number of carboxylic acid groups (broad SMARTS) is 1. The molecule has 0 amide bonds. The summed E-state index contributed by atoms with van der Waals surface area (Å²) in [4.78, 5) is 16.0. The summed E-state index contributed by atoms with van der Waals surface area (Å²) >= 11 is 12.1. The number of aromatic nitrogens is 3. The van der Waals surface area contributed by atoms with E-state index in [-0.39, 0.29) is 11.5 Å². The van der Waals surface area contributed by atoms with Crippen LogP contribution in [0.25, 0.3) is 16.9 Å². The van der Waals surface area contributed by atoms with Crippen molar-refractivity contribution in [3.63, 3.8) is 0 Å². The summed E-state index contributed by atoms with van der Waals surface area (Å²) in [5, 5.41) is 14.5. The highest BCUT2D eigenvalue weighted by Gasteiger charge is 2.20. The fraction of sp³-hybridized carbons (Fsp3) is 0.188. The van der Waals surface area contributed by atoms with E-state index in [4.69, 9.17) is 23.2 Å². The van der Waals surface area contributed by atoms with Gasteiger partial charge in [0, 0.05) is 21.2 Å². The van der Waals surface area contributed by atoms with Crippen molar-refractivity contribution in [3.8, 4) is 11.3 Å². The van der Waals surface area contributed by atoms with E-state index in [0.29, 0.717) is 26.9 Å². The number of nitrogens with zero attached hydrogens (tertiary/aromatic N) is 3. The summed E-state index contributed by atoms with van der Waals surface area (Å²) < 4.78 is 1.58. The van der Waals surface area contributed by atoms with E-state index >= 15 is 0 Å². The van der Waals surface area contributed by atoms with Gasteiger partial charge >= 0.3 is 5.97 Å². The standard InChI is InChI=1S/C16H13Cl2N3O2/c1-8(2)14-12(16(22)23)6-19-21-7-13(20-15(14)21)9-3-10(17)5-11(18)4-9/h3-8H,1-2H3,(H,22,23). The highest BCUT2D eigenvalue weighted by molar-refractivity contribution is 6.35. The number of halogens is 2. The van der Waals surface area contributed by atoms with Crippen LogP contribution in [0, 0.1) is 0 Å². The minimum atomic E-state index is -1.01. The van der Waals surface area contributed by atoms with E-state index in [1.54, 1.807) is 28.9 Å². The zero-order valence-corrected chi connectivity index (χ0v) is 13.9. The average Bonchev–Trinajstić information content (AvgIpc) is 2.88. The molecule has 1 N–H and O–H groups in total. The van der Waals surface area contributed by atoms with Crippen LogP contribution in [-0.4, -0.2) is 25.7 Å². The molecule has 2 aromatic heterocycles. The molecular weight excluding hydrogens is 337 g/mol. The number of carboxylic acids is 1. The van der Waals surface area contributed by atoms with Gasteiger partial charge in [0.2, 0.25) is 0 Å². The predicted octanol–water partition coefficient (Wildman–Crippen LogP) is 4.52. The van der Waals surface area contributed by atoms with Gasteiger partial charge in [0.1, 0.15) is 0 Å². The SMILES string of the molecule is CC(C)c1c(C(=O)O)cnn2cc(-c3cc(Cl)cc(Cl)c3)nc12. The maximum absolute atomic E-state index is 11.4. The van der Waals surface area contributed by atoms with Gasteiger partial charge in [-0.25, -0.2) is 14.3 Å². The van der Waals surface area contributed by atoms with Crippen LogP contribution in [0.3, 0.4) is 0 Å². The first-order chi connectivity index (χ1) is 10.9. The number of aromatic carboxylic acids is 1. The van der Waals surface area contributed by atoms with Crippen LogP contribution in [0.15, 0.2) is 30.6 Å². The van der Waals surface area contributed by atoms with Gasteiger partial charge < -0.3 is 5.11 Å². The lowest BCUT2D eigenvalue weighted by Crippen LogP contribution is -2.08. The zero-order chi connectivity index (χ0) is 16.7. The minimum absolute atomic E-state index is 0.00945.